The van der Waals surface area contributed by atoms with E-state index in [2.05, 4.69) is 17.4 Å². The highest BCUT2D eigenvalue weighted by atomic mass is 35.5. The van der Waals surface area contributed by atoms with Crippen LogP contribution in [0.3, 0.4) is 0 Å². The van der Waals surface area contributed by atoms with Crippen molar-refractivity contribution >= 4 is 35.0 Å². The number of carbonyl (C=O) groups excluding carboxylic acids is 1. The maximum Gasteiger partial charge on any atom is 0.234 e. The largest absolute Gasteiger partial charge is 0.324 e. The first kappa shape index (κ1) is 14.0. The average molecular weight is 292 g/mol. The van der Waals surface area contributed by atoms with Crippen LogP contribution in [0, 0.1) is 0 Å². The molecule has 1 N–H and O–H groups in total. The first-order valence-electron chi connectivity index (χ1n) is 5.92. The van der Waals surface area contributed by atoms with E-state index in [9.17, 15) is 4.79 Å². The number of thioether (sulfide) groups is 1. The minimum absolute atomic E-state index is 0.0333. The van der Waals surface area contributed by atoms with E-state index in [1.165, 1.54) is 5.56 Å². The first-order chi connectivity index (χ1) is 9.25. The van der Waals surface area contributed by atoms with Gasteiger partial charge in [0, 0.05) is 5.75 Å². The number of nitrogens with one attached hydrogen (secondary N) is 1. The lowest BCUT2D eigenvalue weighted by Gasteiger charge is -2.06. The highest BCUT2D eigenvalue weighted by molar-refractivity contribution is 7.99. The summed E-state index contributed by atoms with van der Waals surface area (Å²) in [6.45, 7) is 0. The molecule has 1 amide bonds. The highest BCUT2D eigenvalue weighted by Crippen LogP contribution is 2.21. The minimum atomic E-state index is -0.0333. The van der Waals surface area contributed by atoms with Crippen LogP contribution in [-0.2, 0) is 10.5 Å². The summed E-state index contributed by atoms with van der Waals surface area (Å²) in [7, 11) is 0. The molecule has 98 valence electrons. The van der Waals surface area contributed by atoms with E-state index in [4.69, 9.17) is 11.6 Å². The van der Waals surface area contributed by atoms with Gasteiger partial charge in [-0.3, -0.25) is 4.79 Å². The van der Waals surface area contributed by atoms with Crippen molar-refractivity contribution in [3.63, 3.8) is 0 Å². The van der Waals surface area contributed by atoms with Gasteiger partial charge in [-0.25, -0.2) is 0 Å². The summed E-state index contributed by atoms with van der Waals surface area (Å²) in [4.78, 5) is 11.8. The Morgan fingerprint density at radius 2 is 1.74 bits per heavy atom. The van der Waals surface area contributed by atoms with Crippen LogP contribution in [0.25, 0.3) is 0 Å². The van der Waals surface area contributed by atoms with Crippen molar-refractivity contribution < 1.29 is 4.79 Å². The summed E-state index contributed by atoms with van der Waals surface area (Å²) in [5, 5.41) is 3.36. The fraction of sp³-hybridized carbons (Fsp3) is 0.133. The molecule has 0 aliphatic heterocycles. The van der Waals surface area contributed by atoms with Crippen LogP contribution in [0.5, 0.6) is 0 Å². The smallest absolute Gasteiger partial charge is 0.234 e. The second-order valence-corrected chi connectivity index (χ2v) is 5.40. The van der Waals surface area contributed by atoms with Gasteiger partial charge in [0.15, 0.2) is 0 Å². The first-order valence-corrected chi connectivity index (χ1v) is 7.45. The van der Waals surface area contributed by atoms with Crippen molar-refractivity contribution in [3.8, 4) is 0 Å². The SMILES string of the molecule is O=C(CSCc1ccccc1)Nc1ccccc1Cl. The average Bonchev–Trinajstić information content (AvgIpc) is 2.43. The normalized spacial score (nSPS) is 10.2. The van der Waals surface area contributed by atoms with Gasteiger partial charge >= 0.3 is 0 Å². The number of carbonyl (C=O) groups is 1. The zero-order valence-electron chi connectivity index (χ0n) is 10.3. The Morgan fingerprint density at radius 1 is 1.05 bits per heavy atom. The molecule has 0 fully saturated rings. The van der Waals surface area contributed by atoms with E-state index in [-0.39, 0.29) is 5.91 Å². The van der Waals surface area contributed by atoms with Crippen LogP contribution in [-0.4, -0.2) is 11.7 Å². The van der Waals surface area contributed by atoms with Crippen LogP contribution in [0.1, 0.15) is 5.56 Å². The lowest BCUT2D eigenvalue weighted by atomic mass is 10.2. The summed E-state index contributed by atoms with van der Waals surface area (Å²) < 4.78 is 0. The third kappa shape index (κ3) is 4.62. The molecule has 0 spiro atoms. The summed E-state index contributed by atoms with van der Waals surface area (Å²) in [5.74, 6) is 1.21. The molecule has 0 atom stereocenters. The van der Waals surface area contributed by atoms with E-state index in [0.717, 1.165) is 5.75 Å². The Balaban J connectivity index is 1.78. The molecular weight excluding hydrogens is 278 g/mol. The van der Waals surface area contributed by atoms with Crippen molar-refractivity contribution in [2.45, 2.75) is 5.75 Å². The molecule has 19 heavy (non-hydrogen) atoms. The summed E-state index contributed by atoms with van der Waals surface area (Å²) in [5.41, 5.74) is 1.88. The number of hydrogen-bond acceptors (Lipinski definition) is 2. The van der Waals surface area contributed by atoms with Crippen LogP contribution in [0.4, 0.5) is 5.69 Å². The Morgan fingerprint density at radius 3 is 2.47 bits per heavy atom. The number of hydrogen-bond donors (Lipinski definition) is 1. The maximum atomic E-state index is 11.8. The van der Waals surface area contributed by atoms with Gasteiger partial charge in [0.25, 0.3) is 0 Å². The van der Waals surface area contributed by atoms with Gasteiger partial charge < -0.3 is 5.32 Å². The van der Waals surface area contributed by atoms with Gasteiger partial charge in [-0.1, -0.05) is 54.1 Å². The van der Waals surface area contributed by atoms with Crippen molar-refractivity contribution in [2.24, 2.45) is 0 Å². The molecule has 0 aliphatic carbocycles. The Bertz CT molecular complexity index is 545. The molecule has 0 aromatic heterocycles. The molecule has 2 aromatic rings. The van der Waals surface area contributed by atoms with Gasteiger partial charge in [0.2, 0.25) is 5.91 Å². The van der Waals surface area contributed by atoms with Crippen molar-refractivity contribution in [2.75, 3.05) is 11.1 Å². The number of para-hydroxylation sites is 1. The second-order valence-electron chi connectivity index (χ2n) is 4.01. The molecule has 0 heterocycles. The molecule has 2 aromatic carbocycles. The number of rotatable bonds is 5. The lowest BCUT2D eigenvalue weighted by Crippen LogP contribution is -2.14. The predicted octanol–water partition coefficient (Wildman–Crippen LogP) is 4.21. The molecule has 0 aliphatic rings. The monoisotopic (exact) mass is 291 g/mol. The fourth-order valence-corrected chi connectivity index (χ4v) is 2.56. The van der Waals surface area contributed by atoms with Gasteiger partial charge in [-0.05, 0) is 17.7 Å². The summed E-state index contributed by atoms with van der Waals surface area (Å²) in [6.07, 6.45) is 0. The third-order valence-corrected chi connectivity index (χ3v) is 3.83. The standard InChI is InChI=1S/C15H14ClNOS/c16-13-8-4-5-9-14(13)17-15(18)11-19-10-12-6-2-1-3-7-12/h1-9H,10-11H2,(H,17,18). The number of halogens is 1. The Hall–Kier alpha value is -1.45. The van der Waals surface area contributed by atoms with E-state index < -0.39 is 0 Å². The zero-order valence-corrected chi connectivity index (χ0v) is 11.9. The van der Waals surface area contributed by atoms with E-state index in [0.29, 0.717) is 16.5 Å². The molecule has 0 radical (unpaired) electrons. The molecule has 0 bridgehead atoms. The maximum absolute atomic E-state index is 11.8. The molecule has 2 nitrogen and oxygen atoms in total. The molecule has 4 heteroatoms. The molecule has 0 saturated heterocycles. The number of benzene rings is 2. The lowest BCUT2D eigenvalue weighted by molar-refractivity contribution is -0.113. The van der Waals surface area contributed by atoms with E-state index in [1.54, 1.807) is 23.9 Å². The summed E-state index contributed by atoms with van der Waals surface area (Å²) in [6, 6.07) is 17.3. The highest BCUT2D eigenvalue weighted by Gasteiger charge is 2.05. The van der Waals surface area contributed by atoms with Crippen molar-refractivity contribution in [1.29, 1.82) is 0 Å². The summed E-state index contributed by atoms with van der Waals surface area (Å²) >= 11 is 7.56. The Kier molecular flexibility index (Phi) is 5.31. The van der Waals surface area contributed by atoms with Crippen LogP contribution in [0.15, 0.2) is 54.6 Å². The van der Waals surface area contributed by atoms with Gasteiger partial charge in [0.1, 0.15) is 0 Å². The van der Waals surface area contributed by atoms with E-state index in [1.807, 2.05) is 30.3 Å². The third-order valence-electron chi connectivity index (χ3n) is 2.49. The fourth-order valence-electron chi connectivity index (χ4n) is 1.58. The quantitative estimate of drug-likeness (QED) is 0.894. The Labute approximate surface area is 122 Å². The van der Waals surface area contributed by atoms with Crippen LogP contribution in [0.2, 0.25) is 5.02 Å². The number of amides is 1. The van der Waals surface area contributed by atoms with Crippen LogP contribution >= 0.6 is 23.4 Å². The van der Waals surface area contributed by atoms with Gasteiger partial charge in [-0.15, -0.1) is 11.8 Å². The molecule has 0 saturated carbocycles. The molecular formula is C15H14ClNOS. The zero-order chi connectivity index (χ0) is 13.5. The minimum Gasteiger partial charge on any atom is -0.324 e. The topological polar surface area (TPSA) is 29.1 Å². The van der Waals surface area contributed by atoms with Crippen LogP contribution < -0.4 is 5.32 Å². The van der Waals surface area contributed by atoms with E-state index >= 15 is 0 Å². The molecule has 0 unspecified atom stereocenters. The second kappa shape index (κ2) is 7.22. The van der Waals surface area contributed by atoms with Crippen molar-refractivity contribution in [3.05, 3.63) is 65.2 Å². The molecule has 2 rings (SSSR count). The van der Waals surface area contributed by atoms with Gasteiger partial charge in [0.05, 0.1) is 16.5 Å². The van der Waals surface area contributed by atoms with Crippen molar-refractivity contribution in [1.82, 2.24) is 0 Å². The van der Waals surface area contributed by atoms with Gasteiger partial charge in [-0.2, -0.15) is 0 Å². The number of anilines is 1. The predicted molar refractivity (Wildman–Crippen MR) is 82.7 cm³/mol.